The van der Waals surface area contributed by atoms with Gasteiger partial charge in [0.1, 0.15) is 5.82 Å². The molecule has 5 heteroatoms. The van der Waals surface area contributed by atoms with Gasteiger partial charge in [-0.05, 0) is 48.9 Å². The van der Waals surface area contributed by atoms with Crippen LogP contribution in [0.3, 0.4) is 0 Å². The Morgan fingerprint density at radius 1 is 1.38 bits per heavy atom. The van der Waals surface area contributed by atoms with Crippen molar-refractivity contribution in [3.05, 3.63) is 29.0 Å². The zero-order valence-electron chi connectivity index (χ0n) is 12.9. The van der Waals surface area contributed by atoms with Gasteiger partial charge >= 0.3 is 0 Å². The highest BCUT2D eigenvalue weighted by atomic mass is 35.5. The Kier molecular flexibility index (Phi) is 6.62. The van der Waals surface area contributed by atoms with Crippen LogP contribution < -0.4 is 11.1 Å². The number of anilines is 1. The average Bonchev–Trinajstić information content (AvgIpc) is 2.37. The minimum Gasteiger partial charge on any atom is -0.330 e. The maximum absolute atomic E-state index is 13.0. The van der Waals surface area contributed by atoms with E-state index >= 15 is 0 Å². The van der Waals surface area contributed by atoms with Crippen molar-refractivity contribution in [2.24, 2.45) is 17.1 Å². The predicted octanol–water partition coefficient (Wildman–Crippen LogP) is 4.21. The van der Waals surface area contributed by atoms with Crippen LogP contribution in [-0.4, -0.2) is 12.5 Å². The van der Waals surface area contributed by atoms with E-state index in [0.29, 0.717) is 24.6 Å². The summed E-state index contributed by atoms with van der Waals surface area (Å²) in [5, 5.41) is 2.74. The number of rotatable bonds is 6. The van der Waals surface area contributed by atoms with Gasteiger partial charge in [-0.15, -0.1) is 0 Å². The minimum atomic E-state index is -0.495. The van der Waals surface area contributed by atoms with Gasteiger partial charge in [0.05, 0.1) is 5.02 Å². The van der Waals surface area contributed by atoms with E-state index in [1.807, 2.05) is 0 Å². The van der Waals surface area contributed by atoms with Crippen molar-refractivity contribution in [3.63, 3.8) is 0 Å². The van der Waals surface area contributed by atoms with Crippen molar-refractivity contribution in [1.82, 2.24) is 0 Å². The summed E-state index contributed by atoms with van der Waals surface area (Å²) in [6, 6.07) is 4.15. The van der Waals surface area contributed by atoms with E-state index in [9.17, 15) is 9.18 Å². The zero-order chi connectivity index (χ0) is 16.0. The van der Waals surface area contributed by atoms with Gasteiger partial charge in [0.25, 0.3) is 0 Å². The monoisotopic (exact) mass is 314 g/mol. The van der Waals surface area contributed by atoms with Gasteiger partial charge in [-0.1, -0.05) is 32.4 Å². The van der Waals surface area contributed by atoms with E-state index in [4.69, 9.17) is 17.3 Å². The molecular weight excluding hydrogens is 291 g/mol. The van der Waals surface area contributed by atoms with Crippen molar-refractivity contribution in [1.29, 1.82) is 0 Å². The molecule has 0 saturated carbocycles. The van der Waals surface area contributed by atoms with Crippen LogP contribution in [0.15, 0.2) is 18.2 Å². The first-order chi connectivity index (χ1) is 9.74. The number of carbonyl (C=O) groups excluding carboxylic acids is 1. The fourth-order valence-corrected chi connectivity index (χ4v) is 2.49. The maximum Gasteiger partial charge on any atom is 0.224 e. The third-order valence-electron chi connectivity index (χ3n) is 3.66. The van der Waals surface area contributed by atoms with E-state index in [2.05, 4.69) is 26.1 Å². The highest BCUT2D eigenvalue weighted by Crippen LogP contribution is 2.32. The number of nitrogens with one attached hydrogen (secondary N) is 1. The van der Waals surface area contributed by atoms with Crippen molar-refractivity contribution < 1.29 is 9.18 Å². The molecule has 0 saturated heterocycles. The van der Waals surface area contributed by atoms with Gasteiger partial charge in [-0.2, -0.15) is 0 Å². The smallest absolute Gasteiger partial charge is 0.224 e. The molecule has 1 unspecified atom stereocenters. The summed E-state index contributed by atoms with van der Waals surface area (Å²) in [5.74, 6) is -0.195. The van der Waals surface area contributed by atoms with E-state index in [0.717, 1.165) is 12.8 Å². The third-order valence-corrected chi connectivity index (χ3v) is 3.95. The first kappa shape index (κ1) is 17.9. The van der Waals surface area contributed by atoms with Crippen LogP contribution in [0.25, 0.3) is 0 Å². The molecule has 1 aromatic rings. The third kappa shape index (κ3) is 6.02. The Labute approximate surface area is 131 Å². The van der Waals surface area contributed by atoms with Crippen LogP contribution in [0.2, 0.25) is 5.02 Å². The van der Waals surface area contributed by atoms with Crippen LogP contribution in [-0.2, 0) is 4.79 Å². The highest BCUT2D eigenvalue weighted by Gasteiger charge is 2.24. The van der Waals surface area contributed by atoms with Gasteiger partial charge in [0, 0.05) is 12.1 Å². The lowest BCUT2D eigenvalue weighted by molar-refractivity contribution is -0.116. The van der Waals surface area contributed by atoms with Gasteiger partial charge in [0.2, 0.25) is 5.91 Å². The lowest BCUT2D eigenvalue weighted by Gasteiger charge is -2.30. The van der Waals surface area contributed by atoms with Crippen molar-refractivity contribution in [2.75, 3.05) is 11.9 Å². The molecule has 0 aliphatic rings. The molecule has 0 bridgehead atoms. The van der Waals surface area contributed by atoms with Gasteiger partial charge in [-0.3, -0.25) is 4.79 Å². The normalized spacial score (nSPS) is 13.0. The quantitative estimate of drug-likeness (QED) is 0.826. The second-order valence-electron chi connectivity index (χ2n) is 6.36. The molecule has 0 aliphatic heterocycles. The van der Waals surface area contributed by atoms with E-state index < -0.39 is 5.82 Å². The Hall–Kier alpha value is -1.13. The molecule has 1 amide bonds. The van der Waals surface area contributed by atoms with Gasteiger partial charge in [-0.25, -0.2) is 4.39 Å². The highest BCUT2D eigenvalue weighted by molar-refractivity contribution is 6.31. The fourth-order valence-electron chi connectivity index (χ4n) is 2.31. The topological polar surface area (TPSA) is 55.1 Å². The Morgan fingerprint density at radius 3 is 2.57 bits per heavy atom. The summed E-state index contributed by atoms with van der Waals surface area (Å²) in [4.78, 5) is 12.0. The molecule has 0 aromatic heterocycles. The molecule has 3 N–H and O–H groups in total. The molecule has 1 aromatic carbocycles. The van der Waals surface area contributed by atoms with Crippen LogP contribution in [0.5, 0.6) is 0 Å². The summed E-state index contributed by atoms with van der Waals surface area (Å²) in [5.41, 5.74) is 6.27. The molecule has 0 aliphatic carbocycles. The molecule has 21 heavy (non-hydrogen) atoms. The molecule has 118 valence electrons. The number of amides is 1. The molecule has 0 fully saturated rings. The SMILES string of the molecule is CC(C)(C)C(CCN)CCC(=O)Nc1ccc(F)c(Cl)c1. The summed E-state index contributed by atoms with van der Waals surface area (Å²) < 4.78 is 13.0. The largest absolute Gasteiger partial charge is 0.330 e. The fraction of sp³-hybridized carbons (Fsp3) is 0.562. The second kappa shape index (κ2) is 7.76. The number of benzene rings is 1. The Bertz CT molecular complexity index is 486. The second-order valence-corrected chi connectivity index (χ2v) is 6.76. The van der Waals surface area contributed by atoms with Crippen molar-refractivity contribution in [3.8, 4) is 0 Å². The Morgan fingerprint density at radius 2 is 2.05 bits per heavy atom. The van der Waals surface area contributed by atoms with Crippen molar-refractivity contribution in [2.45, 2.75) is 40.0 Å². The average molecular weight is 315 g/mol. The van der Waals surface area contributed by atoms with E-state index in [-0.39, 0.29) is 16.3 Å². The van der Waals surface area contributed by atoms with Crippen LogP contribution >= 0.6 is 11.6 Å². The number of hydrogen-bond acceptors (Lipinski definition) is 2. The van der Waals surface area contributed by atoms with Gasteiger partial charge < -0.3 is 11.1 Å². The van der Waals surface area contributed by atoms with Crippen molar-refractivity contribution >= 4 is 23.2 Å². The maximum atomic E-state index is 13.0. The number of hydrogen-bond donors (Lipinski definition) is 2. The number of nitrogens with two attached hydrogens (primary N) is 1. The molecular formula is C16H24ClFN2O. The summed E-state index contributed by atoms with van der Waals surface area (Å²) in [6.45, 7) is 7.10. The molecule has 1 rings (SSSR count). The molecule has 0 heterocycles. The first-order valence-electron chi connectivity index (χ1n) is 7.19. The lowest BCUT2D eigenvalue weighted by atomic mass is 9.76. The Balaban J connectivity index is 2.54. The number of carbonyl (C=O) groups is 1. The van der Waals surface area contributed by atoms with Crippen LogP contribution in [0.1, 0.15) is 40.0 Å². The predicted molar refractivity (Wildman–Crippen MR) is 85.9 cm³/mol. The summed E-state index contributed by atoms with van der Waals surface area (Å²) in [7, 11) is 0. The number of halogens is 2. The molecule has 0 radical (unpaired) electrons. The minimum absolute atomic E-state index is 0.00324. The molecule has 1 atom stereocenters. The zero-order valence-corrected chi connectivity index (χ0v) is 13.6. The standard InChI is InChI=1S/C16H24ClFN2O/c1-16(2,3)11(8-9-19)4-7-15(21)20-12-5-6-14(18)13(17)10-12/h5-6,10-11H,4,7-9,19H2,1-3H3,(H,20,21). The molecule has 3 nitrogen and oxygen atoms in total. The van der Waals surface area contributed by atoms with E-state index in [1.165, 1.54) is 18.2 Å². The van der Waals surface area contributed by atoms with E-state index in [1.54, 1.807) is 0 Å². The summed E-state index contributed by atoms with van der Waals surface area (Å²) >= 11 is 5.69. The first-order valence-corrected chi connectivity index (χ1v) is 7.57. The van der Waals surface area contributed by atoms with Gasteiger partial charge in [0.15, 0.2) is 0 Å². The van der Waals surface area contributed by atoms with Crippen LogP contribution in [0.4, 0.5) is 10.1 Å². The molecule has 0 spiro atoms. The lowest BCUT2D eigenvalue weighted by Crippen LogP contribution is -2.25. The summed E-state index contributed by atoms with van der Waals surface area (Å²) in [6.07, 6.45) is 2.09. The van der Waals surface area contributed by atoms with Crippen LogP contribution in [0, 0.1) is 17.2 Å².